The van der Waals surface area contributed by atoms with Gasteiger partial charge in [0.1, 0.15) is 5.75 Å². The zero-order chi connectivity index (χ0) is 13.7. The minimum absolute atomic E-state index is 0.0592. The van der Waals surface area contributed by atoms with E-state index in [1.807, 2.05) is 19.9 Å². The predicted molar refractivity (Wildman–Crippen MR) is 77.4 cm³/mol. The lowest BCUT2D eigenvalue weighted by Gasteiger charge is -2.25. The fraction of sp³-hybridized carbons (Fsp3) is 0.500. The van der Waals surface area contributed by atoms with Crippen molar-refractivity contribution in [1.82, 2.24) is 4.90 Å². The fourth-order valence-corrected chi connectivity index (χ4v) is 2.27. The summed E-state index contributed by atoms with van der Waals surface area (Å²) in [7, 11) is 1.78. The van der Waals surface area contributed by atoms with Crippen LogP contribution in [0.5, 0.6) is 5.75 Å². The monoisotopic (exact) mass is 267 g/mol. The third kappa shape index (κ3) is 3.67. The summed E-state index contributed by atoms with van der Waals surface area (Å²) >= 11 is 1.77. The smallest absolute Gasteiger partial charge is 0.257 e. The zero-order valence-corrected chi connectivity index (χ0v) is 12.3. The van der Waals surface area contributed by atoms with Crippen molar-refractivity contribution in [2.45, 2.75) is 26.3 Å². The van der Waals surface area contributed by atoms with Crippen molar-refractivity contribution < 1.29 is 9.90 Å². The largest absolute Gasteiger partial charge is 0.507 e. The van der Waals surface area contributed by atoms with Crippen molar-refractivity contribution >= 4 is 17.7 Å². The second kappa shape index (κ2) is 6.69. The van der Waals surface area contributed by atoms with Crippen LogP contribution in [0.15, 0.2) is 18.2 Å². The Bertz CT molecular complexity index is 420. The molecule has 4 heteroatoms. The Morgan fingerprint density at radius 1 is 1.50 bits per heavy atom. The lowest BCUT2D eigenvalue weighted by atomic mass is 10.1. The first-order valence-corrected chi connectivity index (χ1v) is 7.42. The van der Waals surface area contributed by atoms with Gasteiger partial charge in [0.2, 0.25) is 0 Å². The predicted octanol–water partition coefficient (Wildman–Crippen LogP) is 2.91. The van der Waals surface area contributed by atoms with Crippen molar-refractivity contribution in [2.24, 2.45) is 0 Å². The van der Waals surface area contributed by atoms with Gasteiger partial charge >= 0.3 is 0 Å². The maximum atomic E-state index is 12.2. The molecule has 0 radical (unpaired) electrons. The highest BCUT2D eigenvalue weighted by molar-refractivity contribution is 7.98. The molecular weight excluding hydrogens is 246 g/mol. The first-order valence-electron chi connectivity index (χ1n) is 6.03. The molecule has 1 atom stereocenters. The highest BCUT2D eigenvalue weighted by Crippen LogP contribution is 2.21. The number of aromatic hydroxyl groups is 1. The number of amides is 1. The van der Waals surface area contributed by atoms with Gasteiger partial charge < -0.3 is 10.0 Å². The number of thioether (sulfide) groups is 1. The van der Waals surface area contributed by atoms with Crippen LogP contribution in [0.4, 0.5) is 0 Å². The van der Waals surface area contributed by atoms with E-state index in [9.17, 15) is 9.90 Å². The molecule has 3 nitrogen and oxygen atoms in total. The molecule has 0 aliphatic carbocycles. The molecule has 0 heterocycles. The number of carbonyl (C=O) groups excluding carboxylic acids is 1. The van der Waals surface area contributed by atoms with Crippen LogP contribution in [0, 0.1) is 6.92 Å². The number of aryl methyl sites for hydroxylation is 1. The first kappa shape index (κ1) is 14.9. The Balaban J connectivity index is 2.79. The molecule has 1 unspecified atom stereocenters. The van der Waals surface area contributed by atoms with E-state index in [2.05, 4.69) is 6.26 Å². The molecule has 0 spiro atoms. The molecule has 1 aromatic carbocycles. The van der Waals surface area contributed by atoms with Gasteiger partial charge in [-0.3, -0.25) is 4.79 Å². The van der Waals surface area contributed by atoms with E-state index in [4.69, 9.17) is 0 Å². The summed E-state index contributed by atoms with van der Waals surface area (Å²) in [5.74, 6) is 0.962. The molecule has 100 valence electrons. The maximum Gasteiger partial charge on any atom is 0.257 e. The van der Waals surface area contributed by atoms with Crippen LogP contribution in [0.25, 0.3) is 0 Å². The third-order valence-corrected chi connectivity index (χ3v) is 3.75. The molecule has 0 aliphatic rings. The average Bonchev–Trinajstić information content (AvgIpc) is 2.34. The Labute approximate surface area is 113 Å². The molecule has 0 aromatic heterocycles. The lowest BCUT2D eigenvalue weighted by molar-refractivity contribution is 0.0738. The third-order valence-electron chi connectivity index (χ3n) is 3.10. The minimum atomic E-state index is -0.124. The van der Waals surface area contributed by atoms with Gasteiger partial charge in [0, 0.05) is 13.1 Å². The van der Waals surface area contributed by atoms with Crippen LogP contribution < -0.4 is 0 Å². The van der Waals surface area contributed by atoms with Gasteiger partial charge in [-0.05, 0) is 50.0 Å². The summed E-state index contributed by atoms with van der Waals surface area (Å²) in [6.45, 7) is 3.91. The van der Waals surface area contributed by atoms with Crippen molar-refractivity contribution in [1.29, 1.82) is 0 Å². The molecule has 0 bridgehead atoms. The number of carbonyl (C=O) groups is 1. The molecular formula is C14H21NO2S. The second-order valence-electron chi connectivity index (χ2n) is 4.57. The van der Waals surface area contributed by atoms with Crippen molar-refractivity contribution in [3.63, 3.8) is 0 Å². The number of hydrogen-bond acceptors (Lipinski definition) is 3. The topological polar surface area (TPSA) is 40.5 Å². The quantitative estimate of drug-likeness (QED) is 0.891. The highest BCUT2D eigenvalue weighted by Gasteiger charge is 2.19. The number of benzene rings is 1. The van der Waals surface area contributed by atoms with Gasteiger partial charge in [-0.15, -0.1) is 0 Å². The molecule has 0 saturated carbocycles. The second-order valence-corrected chi connectivity index (χ2v) is 5.55. The van der Waals surface area contributed by atoms with Gasteiger partial charge in [0.15, 0.2) is 0 Å². The molecule has 0 aliphatic heterocycles. The average molecular weight is 267 g/mol. The molecule has 1 rings (SSSR count). The summed E-state index contributed by atoms with van der Waals surface area (Å²) < 4.78 is 0. The standard InChI is InChI=1S/C14H21NO2S/c1-10-5-6-12(13(16)9-10)14(17)15(3)11(2)7-8-18-4/h5-6,9,11,16H,7-8H2,1-4H3. The minimum Gasteiger partial charge on any atom is -0.507 e. The van der Waals surface area contributed by atoms with E-state index in [1.165, 1.54) is 0 Å². The van der Waals surface area contributed by atoms with E-state index < -0.39 is 0 Å². The van der Waals surface area contributed by atoms with Gasteiger partial charge in [-0.2, -0.15) is 11.8 Å². The lowest BCUT2D eigenvalue weighted by Crippen LogP contribution is -2.35. The summed E-state index contributed by atoms with van der Waals surface area (Å²) in [4.78, 5) is 13.9. The van der Waals surface area contributed by atoms with Crippen LogP contribution in [-0.2, 0) is 0 Å². The Morgan fingerprint density at radius 3 is 2.72 bits per heavy atom. The fourth-order valence-electron chi connectivity index (χ4n) is 1.69. The Hall–Kier alpha value is -1.16. The van der Waals surface area contributed by atoms with Crippen LogP contribution >= 0.6 is 11.8 Å². The van der Waals surface area contributed by atoms with Crippen LogP contribution in [0.1, 0.15) is 29.3 Å². The van der Waals surface area contributed by atoms with Gasteiger partial charge in [-0.25, -0.2) is 0 Å². The zero-order valence-electron chi connectivity index (χ0n) is 11.4. The number of nitrogens with zero attached hydrogens (tertiary/aromatic N) is 1. The molecule has 0 fully saturated rings. The Morgan fingerprint density at radius 2 is 2.17 bits per heavy atom. The van der Waals surface area contributed by atoms with Crippen LogP contribution in [-0.4, -0.2) is 41.0 Å². The molecule has 18 heavy (non-hydrogen) atoms. The number of rotatable bonds is 5. The number of hydrogen-bond donors (Lipinski definition) is 1. The summed E-state index contributed by atoms with van der Waals surface area (Å²) in [6, 6.07) is 5.32. The normalized spacial score (nSPS) is 12.2. The molecule has 1 aromatic rings. The molecule has 1 N–H and O–H groups in total. The molecule has 1 amide bonds. The van der Waals surface area contributed by atoms with E-state index in [1.54, 1.807) is 35.8 Å². The number of phenolic OH excluding ortho intramolecular Hbond substituents is 1. The summed E-state index contributed by atoms with van der Waals surface area (Å²) in [5, 5.41) is 9.82. The van der Waals surface area contributed by atoms with E-state index in [-0.39, 0.29) is 17.7 Å². The SMILES string of the molecule is CSCCC(C)N(C)C(=O)c1ccc(C)cc1O. The van der Waals surface area contributed by atoms with Crippen molar-refractivity contribution in [2.75, 3.05) is 19.1 Å². The van der Waals surface area contributed by atoms with Crippen molar-refractivity contribution in [3.8, 4) is 5.75 Å². The number of phenols is 1. The Kier molecular flexibility index (Phi) is 5.54. The summed E-state index contributed by atoms with van der Waals surface area (Å²) in [6.07, 6.45) is 3.01. The molecule has 0 saturated heterocycles. The van der Waals surface area contributed by atoms with Crippen LogP contribution in [0.3, 0.4) is 0 Å². The maximum absolute atomic E-state index is 12.2. The van der Waals surface area contributed by atoms with E-state index in [0.717, 1.165) is 17.7 Å². The van der Waals surface area contributed by atoms with Crippen molar-refractivity contribution in [3.05, 3.63) is 29.3 Å². The first-order chi connectivity index (χ1) is 8.47. The van der Waals surface area contributed by atoms with Gasteiger partial charge in [0.25, 0.3) is 5.91 Å². The highest BCUT2D eigenvalue weighted by atomic mass is 32.2. The van der Waals surface area contributed by atoms with Gasteiger partial charge in [0.05, 0.1) is 5.56 Å². The van der Waals surface area contributed by atoms with E-state index in [0.29, 0.717) is 5.56 Å². The van der Waals surface area contributed by atoms with Crippen LogP contribution in [0.2, 0.25) is 0 Å². The van der Waals surface area contributed by atoms with E-state index >= 15 is 0 Å². The van der Waals surface area contributed by atoms with Gasteiger partial charge in [-0.1, -0.05) is 6.07 Å². The summed E-state index contributed by atoms with van der Waals surface area (Å²) in [5.41, 5.74) is 1.32.